The summed E-state index contributed by atoms with van der Waals surface area (Å²) >= 11 is 0. The normalized spacial score (nSPS) is 21.7. The lowest BCUT2D eigenvalue weighted by atomic mass is 10.0. The van der Waals surface area contributed by atoms with Crippen molar-refractivity contribution in [2.24, 2.45) is 5.92 Å². The van der Waals surface area contributed by atoms with Gasteiger partial charge in [0.25, 0.3) is 5.91 Å². The highest BCUT2D eigenvalue weighted by Crippen LogP contribution is 2.27. The number of benzene rings is 2. The van der Waals surface area contributed by atoms with Gasteiger partial charge < -0.3 is 24.4 Å². The molecule has 0 radical (unpaired) electrons. The van der Waals surface area contributed by atoms with Gasteiger partial charge in [-0.2, -0.15) is 0 Å². The first-order valence-electron chi connectivity index (χ1n) is 12.0. The highest BCUT2D eigenvalue weighted by atomic mass is 19.1. The quantitative estimate of drug-likeness (QED) is 0.654. The molecule has 0 unspecified atom stereocenters. The second-order valence-corrected chi connectivity index (χ2v) is 9.35. The average Bonchev–Trinajstić information content (AvgIpc) is 2.84. The van der Waals surface area contributed by atoms with Gasteiger partial charge in [-0.15, -0.1) is 0 Å². The molecule has 2 aromatic carbocycles. The third kappa shape index (κ3) is 7.25. The van der Waals surface area contributed by atoms with Crippen molar-refractivity contribution in [1.82, 2.24) is 9.80 Å². The Kier molecular flexibility index (Phi) is 9.81. The van der Waals surface area contributed by atoms with E-state index in [1.165, 1.54) is 13.2 Å². The molecule has 196 valence electrons. The van der Waals surface area contributed by atoms with Crippen molar-refractivity contribution in [2.45, 2.75) is 32.5 Å². The predicted molar refractivity (Wildman–Crippen MR) is 136 cm³/mol. The number of halogens is 1. The number of amides is 2. The van der Waals surface area contributed by atoms with Crippen molar-refractivity contribution in [2.75, 3.05) is 52.9 Å². The highest BCUT2D eigenvalue weighted by Gasteiger charge is 2.28. The Morgan fingerprint density at radius 1 is 1.17 bits per heavy atom. The second kappa shape index (κ2) is 12.8. The minimum Gasteiger partial charge on any atom is -0.491 e. The fraction of sp³-hybridized carbons (Fsp3) is 0.481. The molecule has 0 aliphatic carbocycles. The van der Waals surface area contributed by atoms with Crippen LogP contribution < -0.4 is 10.1 Å². The van der Waals surface area contributed by atoms with Crippen LogP contribution in [0.5, 0.6) is 5.75 Å². The molecule has 0 bridgehead atoms. The second-order valence-electron chi connectivity index (χ2n) is 9.35. The first-order valence-corrected chi connectivity index (χ1v) is 12.0. The van der Waals surface area contributed by atoms with Gasteiger partial charge in [0, 0.05) is 58.7 Å². The molecule has 3 atom stereocenters. The Morgan fingerprint density at radius 3 is 2.64 bits per heavy atom. The van der Waals surface area contributed by atoms with Crippen LogP contribution in [-0.4, -0.2) is 81.3 Å². The molecule has 2 aromatic rings. The topological polar surface area (TPSA) is 80.3 Å². The molecule has 0 saturated heterocycles. The molecule has 1 heterocycles. The van der Waals surface area contributed by atoms with Crippen LogP contribution in [0.2, 0.25) is 0 Å². The largest absolute Gasteiger partial charge is 0.491 e. The van der Waals surface area contributed by atoms with Crippen molar-refractivity contribution in [3.05, 3.63) is 59.4 Å². The molecule has 9 heteroatoms. The van der Waals surface area contributed by atoms with Crippen molar-refractivity contribution in [3.8, 4) is 5.75 Å². The molecule has 1 aliphatic heterocycles. The van der Waals surface area contributed by atoms with Gasteiger partial charge in [-0.25, -0.2) is 4.39 Å². The summed E-state index contributed by atoms with van der Waals surface area (Å²) in [6.07, 6.45) is -0.197. The lowest BCUT2D eigenvalue weighted by Crippen LogP contribution is -2.46. The van der Waals surface area contributed by atoms with Crippen LogP contribution in [0.1, 0.15) is 29.8 Å². The van der Waals surface area contributed by atoms with Crippen LogP contribution in [0.3, 0.4) is 0 Å². The number of carbonyl (C=O) groups excluding carboxylic acids is 2. The van der Waals surface area contributed by atoms with Crippen molar-refractivity contribution < 1.29 is 28.2 Å². The van der Waals surface area contributed by atoms with Crippen molar-refractivity contribution in [3.63, 3.8) is 0 Å². The Balaban J connectivity index is 1.93. The molecule has 0 saturated carbocycles. The minimum atomic E-state index is -0.305. The molecule has 0 fully saturated rings. The first kappa shape index (κ1) is 27.6. The van der Waals surface area contributed by atoms with E-state index in [1.54, 1.807) is 49.4 Å². The average molecular weight is 502 g/mol. The Morgan fingerprint density at radius 2 is 1.94 bits per heavy atom. The molecule has 0 spiro atoms. The van der Waals surface area contributed by atoms with Crippen LogP contribution in [-0.2, 0) is 20.8 Å². The van der Waals surface area contributed by atoms with Gasteiger partial charge in [0.2, 0.25) is 5.91 Å². The number of carbonyl (C=O) groups is 2. The zero-order chi connectivity index (χ0) is 26.2. The Hall–Kier alpha value is -3.01. The number of ether oxygens (including phenoxy) is 3. The van der Waals surface area contributed by atoms with E-state index < -0.39 is 0 Å². The molecular weight excluding hydrogens is 465 g/mol. The molecular formula is C27H36FN3O5. The SMILES string of the molecule is COCC(=O)Nc1ccc2c(c1)OC[C@@H](C)N(Cc1cccc(F)c1)C[C@H](C)[C@@H](OC)CN(C)C2=O. The maximum absolute atomic E-state index is 13.9. The number of nitrogens with zero attached hydrogens (tertiary/aromatic N) is 2. The number of hydrogen-bond acceptors (Lipinski definition) is 6. The summed E-state index contributed by atoms with van der Waals surface area (Å²) in [4.78, 5) is 29.2. The number of nitrogens with one attached hydrogen (secondary N) is 1. The number of likely N-dealkylation sites (N-methyl/N-ethyl adjacent to an activating group) is 1. The Bertz CT molecular complexity index is 1050. The van der Waals surface area contributed by atoms with Gasteiger partial charge in [0.1, 0.15) is 24.8 Å². The lowest BCUT2D eigenvalue weighted by molar-refractivity contribution is -0.119. The fourth-order valence-electron chi connectivity index (χ4n) is 4.34. The zero-order valence-corrected chi connectivity index (χ0v) is 21.6. The third-order valence-corrected chi connectivity index (χ3v) is 6.41. The molecule has 2 amide bonds. The Labute approximate surface area is 212 Å². The number of anilines is 1. The maximum atomic E-state index is 13.9. The van der Waals surface area contributed by atoms with Crippen molar-refractivity contribution in [1.29, 1.82) is 0 Å². The standard InChI is InChI=1S/C27H36FN3O5/c1-18-13-31(14-20-7-6-8-21(28)11-20)19(2)16-36-24-12-22(29-26(32)17-34-4)9-10-23(24)27(33)30(3)15-25(18)35-5/h6-12,18-19,25H,13-17H2,1-5H3,(H,29,32)/t18-,19+,25-/m0/s1. The molecule has 1 N–H and O–H groups in total. The maximum Gasteiger partial charge on any atom is 0.257 e. The van der Waals surface area contributed by atoms with Crippen LogP contribution in [0.15, 0.2) is 42.5 Å². The van der Waals surface area contributed by atoms with Gasteiger partial charge in [-0.1, -0.05) is 19.1 Å². The molecule has 3 rings (SSSR count). The van der Waals surface area contributed by atoms with Gasteiger partial charge in [-0.05, 0) is 42.7 Å². The van der Waals surface area contributed by atoms with Gasteiger partial charge >= 0.3 is 0 Å². The summed E-state index contributed by atoms with van der Waals surface area (Å²) in [5.41, 5.74) is 1.77. The van der Waals surface area contributed by atoms with Gasteiger partial charge in [-0.3, -0.25) is 14.5 Å². The van der Waals surface area contributed by atoms with Gasteiger partial charge in [0.05, 0.1) is 11.7 Å². The van der Waals surface area contributed by atoms with Crippen molar-refractivity contribution >= 4 is 17.5 Å². The summed E-state index contributed by atoms with van der Waals surface area (Å²) in [7, 11) is 4.83. The summed E-state index contributed by atoms with van der Waals surface area (Å²) in [6.45, 7) is 5.94. The van der Waals surface area contributed by atoms with E-state index in [0.29, 0.717) is 43.2 Å². The van der Waals surface area contributed by atoms with Crippen LogP contribution in [0.4, 0.5) is 10.1 Å². The highest BCUT2D eigenvalue weighted by molar-refractivity contribution is 5.98. The summed E-state index contributed by atoms with van der Waals surface area (Å²) in [5.74, 6) is -0.300. The minimum absolute atomic E-state index is 0.0555. The zero-order valence-electron chi connectivity index (χ0n) is 21.6. The van der Waals surface area contributed by atoms with Crippen LogP contribution in [0.25, 0.3) is 0 Å². The van der Waals surface area contributed by atoms with E-state index in [1.807, 2.05) is 13.0 Å². The smallest absolute Gasteiger partial charge is 0.257 e. The molecule has 1 aliphatic rings. The van der Waals surface area contributed by atoms with E-state index in [0.717, 1.165) is 5.56 Å². The fourth-order valence-corrected chi connectivity index (χ4v) is 4.34. The van der Waals surface area contributed by atoms with Crippen LogP contribution in [0, 0.1) is 11.7 Å². The summed E-state index contributed by atoms with van der Waals surface area (Å²) in [5, 5.41) is 2.75. The van der Waals surface area contributed by atoms with Gasteiger partial charge in [0.15, 0.2) is 0 Å². The number of hydrogen-bond donors (Lipinski definition) is 1. The number of rotatable bonds is 6. The molecule has 0 aromatic heterocycles. The first-order chi connectivity index (χ1) is 17.2. The van der Waals surface area contributed by atoms with E-state index in [4.69, 9.17) is 14.2 Å². The van der Waals surface area contributed by atoms with E-state index >= 15 is 0 Å². The van der Waals surface area contributed by atoms with E-state index in [9.17, 15) is 14.0 Å². The third-order valence-electron chi connectivity index (χ3n) is 6.41. The van der Waals surface area contributed by atoms with E-state index in [2.05, 4.69) is 17.1 Å². The number of fused-ring (bicyclic) bond motifs is 1. The predicted octanol–water partition coefficient (Wildman–Crippen LogP) is 3.42. The summed E-state index contributed by atoms with van der Waals surface area (Å²) < 4.78 is 30.7. The van der Waals surface area contributed by atoms with E-state index in [-0.39, 0.29) is 42.3 Å². The number of methoxy groups -OCH3 is 2. The summed E-state index contributed by atoms with van der Waals surface area (Å²) in [6, 6.07) is 11.5. The van der Waals surface area contributed by atoms with Crippen LogP contribution >= 0.6 is 0 Å². The lowest BCUT2D eigenvalue weighted by Gasteiger charge is -2.36. The molecule has 8 nitrogen and oxygen atoms in total. The molecule has 36 heavy (non-hydrogen) atoms. The monoisotopic (exact) mass is 501 g/mol.